The molecule has 5 aliphatic heterocycles. The Morgan fingerprint density at radius 2 is 1.37 bits per heavy atom. The fourth-order valence-corrected chi connectivity index (χ4v) is 11.5. The second kappa shape index (κ2) is 13.8. The first kappa shape index (κ1) is 38.5. The average molecular weight is 829 g/mol. The highest BCUT2D eigenvalue weighted by molar-refractivity contribution is 6.29. The van der Waals surface area contributed by atoms with Gasteiger partial charge in [-0.15, -0.1) is 0 Å². The number of rotatable bonds is 8. The van der Waals surface area contributed by atoms with Crippen molar-refractivity contribution < 1.29 is 33.4 Å². The van der Waals surface area contributed by atoms with Crippen molar-refractivity contribution in [2.45, 2.75) is 70.0 Å². The first-order chi connectivity index (χ1) is 29.9. The van der Waals surface area contributed by atoms with Crippen molar-refractivity contribution in [3.05, 3.63) is 138 Å². The van der Waals surface area contributed by atoms with Crippen LogP contribution in [0.3, 0.4) is 0 Å². The number of nitrogens with zero attached hydrogens (tertiary/aromatic N) is 4. The molecule has 4 amide bonds. The van der Waals surface area contributed by atoms with Crippen molar-refractivity contribution in [1.82, 2.24) is 4.90 Å². The molecule has 10 nitrogen and oxygen atoms in total. The lowest BCUT2D eigenvalue weighted by Crippen LogP contribution is -2.45. The minimum Gasteiger partial charge on any atom is -0.394 e. The molecule has 0 aliphatic carbocycles. The zero-order chi connectivity index (χ0) is 42.8. The van der Waals surface area contributed by atoms with Gasteiger partial charge in [-0.3, -0.25) is 29.0 Å². The van der Waals surface area contributed by atoms with Crippen LogP contribution < -0.4 is 14.7 Å². The summed E-state index contributed by atoms with van der Waals surface area (Å²) >= 11 is 0. The highest BCUT2D eigenvalue weighted by Crippen LogP contribution is 2.60. The number of carbonyl (C=O) groups is 4. The number of benzene rings is 6. The molecule has 5 aliphatic rings. The number of alkyl halides is 1. The maximum atomic E-state index is 16.7. The summed E-state index contributed by atoms with van der Waals surface area (Å²) in [6.45, 7) is 5.25. The van der Waals surface area contributed by atoms with Crippen LogP contribution in [0.4, 0.5) is 32.8 Å². The van der Waals surface area contributed by atoms with Crippen LogP contribution in [0.15, 0.2) is 115 Å². The summed E-state index contributed by atoms with van der Waals surface area (Å²) < 4.78 is 23.7. The molecule has 0 aromatic heterocycles. The van der Waals surface area contributed by atoms with E-state index in [1.54, 1.807) is 19.6 Å². The maximum Gasteiger partial charge on any atom is 0.264 e. The molecular formula is C51H45FN4O6. The molecule has 6 aromatic rings. The van der Waals surface area contributed by atoms with E-state index in [0.717, 1.165) is 44.9 Å². The van der Waals surface area contributed by atoms with Gasteiger partial charge in [0.25, 0.3) is 17.7 Å². The lowest BCUT2D eigenvalue weighted by atomic mass is 9.71. The molecule has 0 bridgehead atoms. The van der Waals surface area contributed by atoms with Crippen molar-refractivity contribution in [2.75, 3.05) is 27.9 Å². The second-order valence-corrected chi connectivity index (χ2v) is 17.9. The van der Waals surface area contributed by atoms with Crippen LogP contribution >= 0.6 is 0 Å². The number of hydrogen-bond donors (Lipinski definition) is 1. The van der Waals surface area contributed by atoms with Crippen molar-refractivity contribution in [1.29, 1.82) is 0 Å². The smallest absolute Gasteiger partial charge is 0.264 e. The van der Waals surface area contributed by atoms with Crippen molar-refractivity contribution >= 4 is 73.6 Å². The molecule has 2 saturated heterocycles. The highest BCUT2D eigenvalue weighted by Gasteiger charge is 2.66. The topological polar surface area (TPSA) is 111 Å². The molecule has 1 N–H and O–H groups in total. The molecule has 11 rings (SSSR count). The van der Waals surface area contributed by atoms with Crippen molar-refractivity contribution in [3.63, 3.8) is 0 Å². The van der Waals surface area contributed by atoms with Gasteiger partial charge in [0.2, 0.25) is 5.91 Å². The van der Waals surface area contributed by atoms with E-state index in [9.17, 15) is 19.5 Å². The minimum absolute atomic E-state index is 0.107. The van der Waals surface area contributed by atoms with Gasteiger partial charge in [-0.2, -0.15) is 0 Å². The Balaban J connectivity index is 0.988. The van der Waals surface area contributed by atoms with Crippen LogP contribution in [0.25, 0.3) is 21.5 Å². The van der Waals surface area contributed by atoms with E-state index >= 15 is 9.18 Å². The summed E-state index contributed by atoms with van der Waals surface area (Å²) in [7, 11) is 0. The number of carbonyl (C=O) groups excluding carboxylic acids is 4. The molecule has 312 valence electrons. The highest BCUT2D eigenvalue weighted by atomic mass is 19.1. The van der Waals surface area contributed by atoms with E-state index < -0.39 is 29.2 Å². The van der Waals surface area contributed by atoms with E-state index in [1.165, 1.54) is 13.8 Å². The lowest BCUT2D eigenvalue weighted by molar-refractivity contribution is -0.150. The number of hydrogen-bond acceptors (Lipinski definition) is 6. The van der Waals surface area contributed by atoms with Crippen LogP contribution in [-0.2, 0) is 26.5 Å². The fourth-order valence-electron chi connectivity index (χ4n) is 11.5. The van der Waals surface area contributed by atoms with Gasteiger partial charge in [-0.25, -0.2) is 4.39 Å². The molecule has 5 atom stereocenters. The number of aliphatic hydroxyl groups is 1. The number of fused-ring (bicyclic) bond motifs is 2. The van der Waals surface area contributed by atoms with E-state index in [2.05, 4.69) is 0 Å². The van der Waals surface area contributed by atoms with E-state index in [1.807, 2.05) is 122 Å². The predicted octanol–water partition coefficient (Wildman–Crippen LogP) is 9.09. The first-order valence-corrected chi connectivity index (χ1v) is 21.5. The molecule has 5 heterocycles. The number of aliphatic hydroxyl groups excluding tert-OH is 1. The Morgan fingerprint density at radius 1 is 0.790 bits per heavy atom. The number of anilines is 5. The largest absolute Gasteiger partial charge is 0.394 e. The molecule has 0 saturated carbocycles. The summed E-state index contributed by atoms with van der Waals surface area (Å²) in [4.78, 5) is 64.0. The average Bonchev–Trinajstić information content (AvgIpc) is 4.05. The van der Waals surface area contributed by atoms with Gasteiger partial charge < -0.3 is 19.6 Å². The molecular weight excluding hydrogens is 784 g/mol. The van der Waals surface area contributed by atoms with E-state index in [-0.39, 0.29) is 49.2 Å². The van der Waals surface area contributed by atoms with Crippen LogP contribution in [0.5, 0.6) is 0 Å². The van der Waals surface area contributed by atoms with Gasteiger partial charge in [-0.1, -0.05) is 67.6 Å². The van der Waals surface area contributed by atoms with Crippen LogP contribution in [0, 0.1) is 11.8 Å². The molecule has 0 radical (unpaired) electrons. The van der Waals surface area contributed by atoms with Crippen LogP contribution in [0.2, 0.25) is 0 Å². The number of halogens is 1. The van der Waals surface area contributed by atoms with Crippen LogP contribution in [0.1, 0.15) is 71.9 Å². The fraction of sp³-hybridized carbons (Fsp3) is 0.294. The van der Waals surface area contributed by atoms with Gasteiger partial charge in [0.1, 0.15) is 5.67 Å². The van der Waals surface area contributed by atoms with Crippen molar-refractivity contribution in [2.24, 2.45) is 11.8 Å². The predicted molar refractivity (Wildman–Crippen MR) is 236 cm³/mol. The summed E-state index contributed by atoms with van der Waals surface area (Å²) in [6.07, 6.45) is 0.326. The zero-order valence-corrected chi connectivity index (χ0v) is 34.7. The lowest BCUT2D eigenvalue weighted by Gasteiger charge is -2.33. The third kappa shape index (κ3) is 5.40. The van der Waals surface area contributed by atoms with E-state index in [0.29, 0.717) is 46.7 Å². The van der Waals surface area contributed by atoms with Crippen LogP contribution in [-0.4, -0.2) is 64.6 Å². The first-order valence-electron chi connectivity index (χ1n) is 21.5. The maximum absolute atomic E-state index is 16.7. The number of likely N-dealkylation sites (tertiary alicyclic amines) is 1. The van der Waals surface area contributed by atoms with Gasteiger partial charge >= 0.3 is 0 Å². The second-order valence-electron chi connectivity index (χ2n) is 17.9. The molecule has 2 fully saturated rings. The Labute approximate surface area is 358 Å². The summed E-state index contributed by atoms with van der Waals surface area (Å²) in [6, 6.07) is 35.8. The molecule has 6 aromatic carbocycles. The summed E-state index contributed by atoms with van der Waals surface area (Å²) in [5.41, 5.74) is 2.32. The minimum atomic E-state index is -1.85. The quantitative estimate of drug-likeness (QED) is 0.164. The Hall–Kier alpha value is -6.43. The Kier molecular flexibility index (Phi) is 8.56. The standard InChI is InChI=1S/C51H45FN4O6/c1-29-46(50(2,3)52)42(26-43(58)53-24-8-13-35(53)28-57)62-51(29)38-25-34(56-41-17-7-12-32-10-5-15-37(45(32)41)48(56)60)22-23-39(38)54(49(51)61)27-30-18-20-33(21-19-30)55-40-16-6-11-31-9-4-14-36(44(31)40)47(55)59/h4-7,9-12,14-23,25,29,35,42,46,57H,8,13,24,26-28H2,1-3H3/t29-,35+,42+,46-,51+/m1/s1. The van der Waals surface area contributed by atoms with Gasteiger partial charge in [-0.05, 0) is 97.6 Å². The van der Waals surface area contributed by atoms with Crippen molar-refractivity contribution in [3.8, 4) is 0 Å². The number of ether oxygens (including phenoxy) is 1. The third-order valence-electron chi connectivity index (χ3n) is 14.1. The number of amides is 4. The molecule has 1 spiro atoms. The Bertz CT molecular complexity index is 2900. The summed E-state index contributed by atoms with van der Waals surface area (Å²) in [5.74, 6) is -2.52. The molecule has 11 heteroatoms. The molecule has 62 heavy (non-hydrogen) atoms. The van der Waals surface area contributed by atoms with Gasteiger partial charge in [0, 0.05) is 46.1 Å². The monoisotopic (exact) mass is 828 g/mol. The van der Waals surface area contributed by atoms with E-state index in [4.69, 9.17) is 4.74 Å². The zero-order valence-electron chi connectivity index (χ0n) is 34.7. The van der Waals surface area contributed by atoms with Gasteiger partial charge in [0.15, 0.2) is 5.60 Å². The molecule has 0 unspecified atom stereocenters. The van der Waals surface area contributed by atoms with Gasteiger partial charge in [0.05, 0.1) is 59.9 Å². The Morgan fingerprint density at radius 3 is 1.97 bits per heavy atom. The SMILES string of the molecule is C[C@@H]1[C@@H](C(C)(C)F)[C@H](CC(=O)N2CCC[C@H]2CO)O[C@@]12C(=O)N(Cc1ccc(N3C(=O)c4cccc5cccc3c45)cc1)c1ccc(N3C(=O)c4cccc5cccc3c45)cc12. The normalized spacial score (nSPS) is 23.9. The third-order valence-corrected chi connectivity index (χ3v) is 14.1. The summed E-state index contributed by atoms with van der Waals surface area (Å²) in [5, 5.41) is 13.7.